The summed E-state index contributed by atoms with van der Waals surface area (Å²) >= 11 is 0. The van der Waals surface area contributed by atoms with Crippen LogP contribution in [0, 0.1) is 10.1 Å². The van der Waals surface area contributed by atoms with Gasteiger partial charge in [0.15, 0.2) is 0 Å². The van der Waals surface area contributed by atoms with Crippen molar-refractivity contribution in [3.05, 3.63) is 83.3 Å². The molecule has 4 aromatic rings. The molecule has 0 radical (unpaired) electrons. The Labute approximate surface area is 184 Å². The Balaban J connectivity index is 1.40. The summed E-state index contributed by atoms with van der Waals surface area (Å²) in [4.78, 5) is 28.2. The minimum Gasteiger partial charge on any atom is -0.434 e. The van der Waals surface area contributed by atoms with Crippen molar-refractivity contribution in [2.45, 2.75) is 0 Å². The third kappa shape index (κ3) is 3.87. The number of ether oxygens (including phenoxy) is 1. The second-order valence-corrected chi connectivity index (χ2v) is 7.38. The minimum atomic E-state index is -0.475. The van der Waals surface area contributed by atoms with Crippen LogP contribution in [0.2, 0.25) is 0 Å². The van der Waals surface area contributed by atoms with Gasteiger partial charge in [-0.3, -0.25) is 10.1 Å². The number of piperazine rings is 1. The lowest BCUT2D eigenvalue weighted by Crippen LogP contribution is -2.47. The predicted octanol–water partition coefficient (Wildman–Crippen LogP) is 4.05. The first-order chi connectivity index (χ1) is 15.7. The van der Waals surface area contributed by atoms with E-state index in [9.17, 15) is 10.1 Å². The van der Waals surface area contributed by atoms with Crippen molar-refractivity contribution < 1.29 is 9.66 Å². The molecule has 160 valence electrons. The van der Waals surface area contributed by atoms with Crippen LogP contribution in [0.3, 0.4) is 0 Å². The van der Waals surface area contributed by atoms with Crippen LogP contribution in [-0.4, -0.2) is 46.1 Å². The number of anilines is 2. The third-order valence-electron chi connectivity index (χ3n) is 5.44. The second kappa shape index (κ2) is 8.46. The molecule has 1 aliphatic heterocycles. The Kier molecular flexibility index (Phi) is 5.20. The summed E-state index contributed by atoms with van der Waals surface area (Å²) in [5.74, 6) is 1.57. The Morgan fingerprint density at radius 3 is 2.34 bits per heavy atom. The number of aromatic nitrogens is 3. The van der Waals surface area contributed by atoms with Gasteiger partial charge in [-0.2, -0.15) is 4.98 Å². The van der Waals surface area contributed by atoms with Crippen LogP contribution in [0.15, 0.2) is 73.2 Å². The van der Waals surface area contributed by atoms with Gasteiger partial charge in [0.25, 0.3) is 0 Å². The number of hydrogen-bond acceptors (Lipinski definition) is 8. The molecular weight excluding hydrogens is 408 g/mol. The zero-order chi connectivity index (χ0) is 21.9. The van der Waals surface area contributed by atoms with Gasteiger partial charge in [-0.1, -0.05) is 36.4 Å². The van der Waals surface area contributed by atoms with E-state index in [0.29, 0.717) is 31.9 Å². The number of rotatable bonds is 5. The van der Waals surface area contributed by atoms with E-state index in [4.69, 9.17) is 4.74 Å². The number of pyridine rings is 1. The molecule has 2 aromatic carbocycles. The molecule has 32 heavy (non-hydrogen) atoms. The lowest BCUT2D eigenvalue weighted by atomic mass is 10.1. The summed E-state index contributed by atoms with van der Waals surface area (Å²) < 4.78 is 5.86. The molecule has 3 heterocycles. The molecule has 2 aromatic heterocycles. The maximum Gasteiger partial charge on any atom is 0.373 e. The number of nitrogens with zero attached hydrogens (tertiary/aromatic N) is 6. The van der Waals surface area contributed by atoms with Crippen LogP contribution in [0.25, 0.3) is 10.8 Å². The fourth-order valence-electron chi connectivity index (χ4n) is 3.85. The number of fused-ring (bicyclic) bond motifs is 1. The first-order valence-electron chi connectivity index (χ1n) is 10.3. The fraction of sp³-hybridized carbons (Fsp3) is 0.174. The first kappa shape index (κ1) is 19.7. The normalized spacial score (nSPS) is 13.9. The van der Waals surface area contributed by atoms with Crippen molar-refractivity contribution in [1.82, 2.24) is 15.0 Å². The van der Waals surface area contributed by atoms with Crippen molar-refractivity contribution >= 4 is 28.1 Å². The molecule has 0 bridgehead atoms. The largest absolute Gasteiger partial charge is 0.434 e. The summed E-state index contributed by atoms with van der Waals surface area (Å²) in [5, 5.41) is 14.0. The molecule has 9 nitrogen and oxygen atoms in total. The fourth-order valence-corrected chi connectivity index (χ4v) is 3.85. The van der Waals surface area contributed by atoms with E-state index >= 15 is 0 Å². The minimum absolute atomic E-state index is 0.0672. The molecule has 1 aliphatic rings. The van der Waals surface area contributed by atoms with Crippen LogP contribution >= 0.6 is 0 Å². The highest BCUT2D eigenvalue weighted by Crippen LogP contribution is 2.37. The Bertz CT molecular complexity index is 1260. The van der Waals surface area contributed by atoms with Gasteiger partial charge < -0.3 is 14.5 Å². The van der Waals surface area contributed by atoms with Crippen molar-refractivity contribution in [3.8, 4) is 11.6 Å². The SMILES string of the molecule is O=[N+]([O-])c1c(Oc2ccc3ccccc3c2)ncnc1N1CCN(c2ccccn2)CC1. The van der Waals surface area contributed by atoms with Crippen LogP contribution in [0.4, 0.5) is 17.3 Å². The Hall–Kier alpha value is -4.27. The van der Waals surface area contributed by atoms with Gasteiger partial charge in [0.2, 0.25) is 5.82 Å². The highest BCUT2D eigenvalue weighted by molar-refractivity contribution is 5.83. The molecule has 0 spiro atoms. The zero-order valence-corrected chi connectivity index (χ0v) is 17.2. The lowest BCUT2D eigenvalue weighted by Gasteiger charge is -2.35. The average molecular weight is 428 g/mol. The van der Waals surface area contributed by atoms with E-state index < -0.39 is 4.92 Å². The maximum atomic E-state index is 12.0. The van der Waals surface area contributed by atoms with Gasteiger partial charge in [0, 0.05) is 32.4 Å². The summed E-state index contributed by atoms with van der Waals surface area (Å²) in [5.41, 5.74) is -0.230. The van der Waals surface area contributed by atoms with Crippen molar-refractivity contribution in [1.29, 1.82) is 0 Å². The maximum absolute atomic E-state index is 12.0. The molecule has 9 heteroatoms. The Morgan fingerprint density at radius 2 is 1.59 bits per heavy atom. The van der Waals surface area contributed by atoms with Crippen molar-refractivity contribution in [2.24, 2.45) is 0 Å². The summed E-state index contributed by atoms with van der Waals surface area (Å²) in [6, 6.07) is 19.2. The molecular formula is C23H20N6O3. The van der Waals surface area contributed by atoms with Gasteiger partial charge in [-0.25, -0.2) is 9.97 Å². The molecule has 0 N–H and O–H groups in total. The quantitative estimate of drug-likeness (QED) is 0.347. The van der Waals surface area contributed by atoms with Gasteiger partial charge in [0.1, 0.15) is 17.9 Å². The number of hydrogen-bond donors (Lipinski definition) is 0. The van der Waals surface area contributed by atoms with Crippen LogP contribution in [0.5, 0.6) is 11.6 Å². The highest BCUT2D eigenvalue weighted by atomic mass is 16.6. The molecule has 0 unspecified atom stereocenters. The van der Waals surface area contributed by atoms with E-state index in [0.717, 1.165) is 16.6 Å². The van der Waals surface area contributed by atoms with Crippen molar-refractivity contribution in [3.63, 3.8) is 0 Å². The average Bonchev–Trinajstić information content (AvgIpc) is 2.84. The standard InChI is InChI=1S/C23H20N6O3/c30-29(31)21-22(28-13-11-27(12-14-28)20-7-3-4-10-24-20)25-16-26-23(21)32-19-9-8-17-5-1-2-6-18(17)15-19/h1-10,15-16H,11-14H2. The van der Waals surface area contributed by atoms with Crippen LogP contribution in [-0.2, 0) is 0 Å². The van der Waals surface area contributed by atoms with E-state index in [1.165, 1.54) is 6.33 Å². The summed E-state index contributed by atoms with van der Waals surface area (Å²) in [6.45, 7) is 2.51. The predicted molar refractivity (Wildman–Crippen MR) is 121 cm³/mol. The molecule has 5 rings (SSSR count). The summed E-state index contributed by atoms with van der Waals surface area (Å²) in [7, 11) is 0. The Morgan fingerprint density at radius 1 is 0.844 bits per heavy atom. The zero-order valence-electron chi connectivity index (χ0n) is 17.2. The van der Waals surface area contributed by atoms with Gasteiger partial charge in [-0.15, -0.1) is 0 Å². The van der Waals surface area contributed by atoms with E-state index in [2.05, 4.69) is 19.9 Å². The second-order valence-electron chi connectivity index (χ2n) is 7.38. The smallest absolute Gasteiger partial charge is 0.373 e. The van der Waals surface area contributed by atoms with E-state index in [-0.39, 0.29) is 17.4 Å². The monoisotopic (exact) mass is 428 g/mol. The number of benzene rings is 2. The summed E-state index contributed by atoms with van der Waals surface area (Å²) in [6.07, 6.45) is 3.07. The topological polar surface area (TPSA) is 97.5 Å². The lowest BCUT2D eigenvalue weighted by molar-refractivity contribution is -0.385. The van der Waals surface area contributed by atoms with Crippen LogP contribution in [0.1, 0.15) is 0 Å². The molecule has 0 atom stereocenters. The molecule has 0 saturated carbocycles. The van der Waals surface area contributed by atoms with Gasteiger partial charge in [-0.05, 0) is 35.0 Å². The van der Waals surface area contributed by atoms with Gasteiger partial charge in [0.05, 0.1) is 4.92 Å². The van der Waals surface area contributed by atoms with E-state index in [1.807, 2.05) is 59.5 Å². The van der Waals surface area contributed by atoms with Crippen molar-refractivity contribution in [2.75, 3.05) is 36.0 Å². The molecule has 0 aliphatic carbocycles. The molecule has 1 saturated heterocycles. The molecule has 0 amide bonds. The first-order valence-corrected chi connectivity index (χ1v) is 10.3. The van der Waals surface area contributed by atoms with Gasteiger partial charge >= 0.3 is 11.6 Å². The number of nitro groups is 1. The highest BCUT2D eigenvalue weighted by Gasteiger charge is 2.31. The molecule has 1 fully saturated rings. The van der Waals surface area contributed by atoms with Crippen LogP contribution < -0.4 is 14.5 Å². The van der Waals surface area contributed by atoms with E-state index in [1.54, 1.807) is 12.3 Å². The third-order valence-corrected chi connectivity index (χ3v) is 5.44.